The summed E-state index contributed by atoms with van der Waals surface area (Å²) < 4.78 is 0. The molecule has 1 aromatic carbocycles. The second kappa shape index (κ2) is 4.70. The number of allylic oxidation sites excluding steroid dienone is 1. The predicted molar refractivity (Wildman–Crippen MR) is 65.5 cm³/mol. The molecule has 1 aromatic rings. The zero-order valence-electron chi connectivity index (χ0n) is 8.62. The van der Waals surface area contributed by atoms with E-state index in [1.54, 1.807) is 4.91 Å². The molecule has 2 rings (SSSR count). The first-order valence-electron chi connectivity index (χ1n) is 5.31. The quantitative estimate of drug-likeness (QED) is 0.698. The third kappa shape index (κ3) is 2.42. The van der Waals surface area contributed by atoms with Crippen molar-refractivity contribution < 1.29 is 0 Å². The van der Waals surface area contributed by atoms with Crippen LogP contribution in [-0.2, 0) is 6.42 Å². The maximum absolute atomic E-state index is 2.33. The zero-order valence-corrected chi connectivity index (χ0v) is 9.44. The smallest absolute Gasteiger partial charge is 0.00199 e. The number of rotatable bonds is 2. The third-order valence-electron chi connectivity index (χ3n) is 2.57. The fourth-order valence-corrected chi connectivity index (χ4v) is 2.73. The van der Waals surface area contributed by atoms with Crippen molar-refractivity contribution >= 4 is 17.8 Å². The van der Waals surface area contributed by atoms with Crippen LogP contribution in [0.1, 0.15) is 30.9 Å². The van der Waals surface area contributed by atoms with E-state index in [-0.39, 0.29) is 0 Å². The van der Waals surface area contributed by atoms with Gasteiger partial charge in [-0.05, 0) is 47.1 Å². The monoisotopic (exact) mass is 204 g/mol. The van der Waals surface area contributed by atoms with Crippen LogP contribution >= 0.6 is 11.8 Å². The highest BCUT2D eigenvalue weighted by atomic mass is 32.2. The topological polar surface area (TPSA) is 0 Å². The van der Waals surface area contributed by atoms with Crippen LogP contribution < -0.4 is 0 Å². The Bertz CT molecular complexity index is 314. The normalized spacial score (nSPS) is 19.1. The molecule has 0 saturated carbocycles. The van der Waals surface area contributed by atoms with E-state index in [0.29, 0.717) is 0 Å². The lowest BCUT2D eigenvalue weighted by Gasteiger charge is -1.99. The minimum absolute atomic E-state index is 1.13. The molecular weight excluding hydrogens is 188 g/mol. The van der Waals surface area contributed by atoms with E-state index >= 15 is 0 Å². The first-order valence-corrected chi connectivity index (χ1v) is 6.29. The lowest BCUT2D eigenvalue weighted by molar-refractivity contribution is 0.999. The summed E-state index contributed by atoms with van der Waals surface area (Å²) in [5, 5.41) is 0. The first kappa shape index (κ1) is 9.85. The van der Waals surface area contributed by atoms with Gasteiger partial charge < -0.3 is 0 Å². The van der Waals surface area contributed by atoms with Crippen LogP contribution in [-0.4, -0.2) is 5.75 Å². The SMILES string of the molecule is CCc1ccc(/C=C2/CCCS2)cc1. The van der Waals surface area contributed by atoms with Crippen molar-refractivity contribution in [3.63, 3.8) is 0 Å². The lowest BCUT2D eigenvalue weighted by Crippen LogP contribution is -1.79. The predicted octanol–water partition coefficient (Wildman–Crippen LogP) is 4.12. The highest BCUT2D eigenvalue weighted by molar-refractivity contribution is 8.03. The Hall–Kier alpha value is -0.690. The molecule has 0 N–H and O–H groups in total. The van der Waals surface area contributed by atoms with E-state index in [9.17, 15) is 0 Å². The van der Waals surface area contributed by atoms with E-state index in [2.05, 4.69) is 37.3 Å². The molecule has 0 bridgehead atoms. The van der Waals surface area contributed by atoms with Crippen molar-refractivity contribution in [3.05, 3.63) is 40.3 Å². The summed E-state index contributed by atoms with van der Waals surface area (Å²) in [6.45, 7) is 2.19. The molecule has 0 aliphatic carbocycles. The minimum atomic E-state index is 1.13. The summed E-state index contributed by atoms with van der Waals surface area (Å²) in [6.07, 6.45) is 6.09. The average Bonchev–Trinajstić information content (AvgIpc) is 2.72. The molecule has 1 heterocycles. The van der Waals surface area contributed by atoms with Crippen molar-refractivity contribution in [1.29, 1.82) is 0 Å². The summed E-state index contributed by atoms with van der Waals surface area (Å²) in [7, 11) is 0. The van der Waals surface area contributed by atoms with Crippen LogP contribution in [0, 0.1) is 0 Å². The van der Waals surface area contributed by atoms with Crippen LogP contribution in [0.5, 0.6) is 0 Å². The van der Waals surface area contributed by atoms with Gasteiger partial charge in [-0.3, -0.25) is 0 Å². The molecule has 0 radical (unpaired) electrons. The average molecular weight is 204 g/mol. The minimum Gasteiger partial charge on any atom is -0.131 e. The summed E-state index contributed by atoms with van der Waals surface area (Å²) in [4.78, 5) is 1.55. The number of thioether (sulfide) groups is 1. The van der Waals surface area contributed by atoms with Crippen LogP contribution in [0.15, 0.2) is 29.2 Å². The van der Waals surface area contributed by atoms with E-state index in [4.69, 9.17) is 0 Å². The summed E-state index contributed by atoms with van der Waals surface area (Å²) >= 11 is 2.01. The van der Waals surface area contributed by atoms with E-state index < -0.39 is 0 Å². The van der Waals surface area contributed by atoms with Crippen LogP contribution in [0.25, 0.3) is 6.08 Å². The molecule has 14 heavy (non-hydrogen) atoms. The molecule has 1 fully saturated rings. The van der Waals surface area contributed by atoms with Gasteiger partial charge in [-0.15, -0.1) is 11.8 Å². The van der Waals surface area contributed by atoms with Gasteiger partial charge in [0.1, 0.15) is 0 Å². The zero-order chi connectivity index (χ0) is 9.80. The number of hydrogen-bond donors (Lipinski definition) is 0. The molecule has 1 heteroatoms. The fourth-order valence-electron chi connectivity index (χ4n) is 1.67. The van der Waals surface area contributed by atoms with E-state index in [1.807, 2.05) is 11.8 Å². The van der Waals surface area contributed by atoms with Gasteiger partial charge >= 0.3 is 0 Å². The first-order chi connectivity index (χ1) is 6.88. The molecular formula is C13H16S. The second-order valence-corrected chi connectivity index (χ2v) is 4.88. The fraction of sp³-hybridized carbons (Fsp3) is 0.385. The molecule has 74 valence electrons. The van der Waals surface area contributed by atoms with Crippen molar-refractivity contribution in [2.24, 2.45) is 0 Å². The van der Waals surface area contributed by atoms with Crippen molar-refractivity contribution in [2.75, 3.05) is 5.75 Å². The van der Waals surface area contributed by atoms with Gasteiger partial charge in [-0.1, -0.05) is 31.2 Å². The van der Waals surface area contributed by atoms with Gasteiger partial charge in [0, 0.05) is 0 Å². The van der Waals surface area contributed by atoms with Gasteiger partial charge in [0.25, 0.3) is 0 Å². The van der Waals surface area contributed by atoms with Gasteiger partial charge in [0.2, 0.25) is 0 Å². The van der Waals surface area contributed by atoms with Gasteiger partial charge in [0.05, 0.1) is 0 Å². The highest BCUT2D eigenvalue weighted by Gasteiger charge is 2.06. The summed E-state index contributed by atoms with van der Waals surface area (Å²) in [6, 6.07) is 8.91. The molecule has 0 amide bonds. The van der Waals surface area contributed by atoms with Gasteiger partial charge in [-0.25, -0.2) is 0 Å². The molecule has 1 aliphatic heterocycles. The van der Waals surface area contributed by atoms with Crippen molar-refractivity contribution in [1.82, 2.24) is 0 Å². The van der Waals surface area contributed by atoms with Crippen LogP contribution in [0.2, 0.25) is 0 Å². The Labute approximate surface area is 90.4 Å². The molecule has 0 aromatic heterocycles. The number of benzene rings is 1. The molecule has 0 unspecified atom stereocenters. The largest absolute Gasteiger partial charge is 0.131 e. The van der Waals surface area contributed by atoms with Gasteiger partial charge in [0.15, 0.2) is 0 Å². The Kier molecular flexibility index (Phi) is 3.30. The standard InChI is InChI=1S/C13H16S/c1-2-11-5-7-12(8-6-11)10-13-4-3-9-14-13/h5-8,10H,2-4,9H2,1H3/b13-10-. The Morgan fingerprint density at radius 2 is 2.07 bits per heavy atom. The maximum atomic E-state index is 2.33. The molecule has 0 spiro atoms. The summed E-state index contributed by atoms with van der Waals surface area (Å²) in [5.74, 6) is 1.30. The Balaban J connectivity index is 2.12. The van der Waals surface area contributed by atoms with Crippen molar-refractivity contribution in [2.45, 2.75) is 26.2 Å². The lowest BCUT2D eigenvalue weighted by atomic mass is 10.1. The molecule has 0 nitrogen and oxygen atoms in total. The second-order valence-electron chi connectivity index (χ2n) is 3.66. The highest BCUT2D eigenvalue weighted by Crippen LogP contribution is 2.31. The van der Waals surface area contributed by atoms with E-state index in [1.165, 1.54) is 29.7 Å². The van der Waals surface area contributed by atoms with Gasteiger partial charge in [-0.2, -0.15) is 0 Å². The number of hydrogen-bond acceptors (Lipinski definition) is 1. The number of aryl methyl sites for hydroxylation is 1. The van der Waals surface area contributed by atoms with Crippen LogP contribution in [0.4, 0.5) is 0 Å². The molecule has 0 atom stereocenters. The summed E-state index contributed by atoms with van der Waals surface area (Å²) in [5.41, 5.74) is 2.78. The Morgan fingerprint density at radius 1 is 1.29 bits per heavy atom. The maximum Gasteiger partial charge on any atom is -0.00199 e. The Morgan fingerprint density at radius 3 is 2.64 bits per heavy atom. The van der Waals surface area contributed by atoms with Crippen molar-refractivity contribution in [3.8, 4) is 0 Å². The molecule has 1 saturated heterocycles. The van der Waals surface area contributed by atoms with E-state index in [0.717, 1.165) is 6.42 Å². The third-order valence-corrected chi connectivity index (χ3v) is 3.76. The van der Waals surface area contributed by atoms with Crippen LogP contribution in [0.3, 0.4) is 0 Å². The molecule has 1 aliphatic rings.